The van der Waals surface area contributed by atoms with Gasteiger partial charge in [-0.1, -0.05) is 76.9 Å². The van der Waals surface area contributed by atoms with Crippen LogP contribution in [0.1, 0.15) is 85.0 Å². The van der Waals surface area contributed by atoms with Crippen LogP contribution in [-0.4, -0.2) is 24.0 Å². The highest BCUT2D eigenvalue weighted by atomic mass is 15.2. The van der Waals surface area contributed by atoms with E-state index >= 15 is 0 Å². The molecule has 0 fully saturated rings. The Morgan fingerprint density at radius 1 is 0.800 bits per heavy atom. The highest BCUT2D eigenvalue weighted by Gasteiger charge is 2.22. The summed E-state index contributed by atoms with van der Waals surface area (Å²) < 4.78 is 0. The fourth-order valence-corrected chi connectivity index (χ4v) is 2.98. The molecule has 117 valence electrons. The van der Waals surface area contributed by atoms with E-state index in [9.17, 15) is 0 Å². The van der Waals surface area contributed by atoms with E-state index in [0.29, 0.717) is 6.04 Å². The summed E-state index contributed by atoms with van der Waals surface area (Å²) in [5.74, 6) is 0. The molecule has 1 nitrogen and oxygen atoms in total. The van der Waals surface area contributed by atoms with Crippen molar-refractivity contribution in [3.05, 3.63) is 18.1 Å². The van der Waals surface area contributed by atoms with Crippen LogP contribution in [0.25, 0.3) is 0 Å². The van der Waals surface area contributed by atoms with Crippen molar-refractivity contribution in [2.75, 3.05) is 13.1 Å². The van der Waals surface area contributed by atoms with Gasteiger partial charge in [-0.15, -0.1) is 0 Å². The molecule has 0 saturated heterocycles. The van der Waals surface area contributed by atoms with E-state index in [1.54, 1.807) is 0 Å². The molecule has 20 heavy (non-hydrogen) atoms. The maximum absolute atomic E-state index is 2.70. The first-order valence-electron chi connectivity index (χ1n) is 9.05. The van der Waals surface area contributed by atoms with Gasteiger partial charge in [0, 0.05) is 12.5 Å². The number of rotatable bonds is 13. The molecule has 0 amide bonds. The first-order chi connectivity index (χ1) is 9.77. The van der Waals surface area contributed by atoms with Gasteiger partial charge in [0.15, 0.2) is 0 Å². The second kappa shape index (κ2) is 11.4. The second-order valence-electron chi connectivity index (χ2n) is 6.43. The molecular weight excluding hydrogens is 242 g/mol. The Morgan fingerprint density at radius 2 is 1.25 bits per heavy atom. The molecule has 1 aliphatic carbocycles. The van der Waals surface area contributed by atoms with Crippen molar-refractivity contribution < 1.29 is 0 Å². The molecule has 1 atom stereocenters. The Balaban J connectivity index is 2.15. The van der Waals surface area contributed by atoms with Gasteiger partial charge in [0.05, 0.1) is 0 Å². The molecule has 1 heteroatoms. The van der Waals surface area contributed by atoms with Crippen LogP contribution >= 0.6 is 0 Å². The number of hydrogen-bond donors (Lipinski definition) is 0. The van der Waals surface area contributed by atoms with Crippen LogP contribution < -0.4 is 0 Å². The quantitative estimate of drug-likeness (QED) is 0.387. The standard InChI is InChI=1S/C19H36N/c1-4-6-8-10-12-14-20(19-16-18(3)17-19)15-13-11-9-7-5-2/h16-17,19H,4-15H2,1-3H3. The normalized spacial score (nSPS) is 18.2. The van der Waals surface area contributed by atoms with Crippen molar-refractivity contribution in [1.29, 1.82) is 0 Å². The smallest absolute Gasteiger partial charge is 0.0352 e. The SMILES string of the molecule is CCCCCCCN(CCCCCCC)C1[CH]C(C)=C1. The molecule has 0 spiro atoms. The Morgan fingerprint density at radius 3 is 1.65 bits per heavy atom. The van der Waals surface area contributed by atoms with Crippen LogP contribution in [0.4, 0.5) is 0 Å². The molecule has 0 heterocycles. The molecule has 0 aromatic rings. The van der Waals surface area contributed by atoms with Gasteiger partial charge in [0.25, 0.3) is 0 Å². The Hall–Kier alpha value is -0.300. The predicted molar refractivity (Wildman–Crippen MR) is 90.9 cm³/mol. The Kier molecular flexibility index (Phi) is 10.1. The first-order valence-corrected chi connectivity index (χ1v) is 9.05. The maximum Gasteiger partial charge on any atom is 0.0352 e. The van der Waals surface area contributed by atoms with Gasteiger partial charge >= 0.3 is 0 Å². The third kappa shape index (κ3) is 7.47. The summed E-state index contributed by atoms with van der Waals surface area (Å²) in [6, 6.07) is 0.646. The van der Waals surface area contributed by atoms with Crippen LogP contribution in [-0.2, 0) is 0 Å². The molecule has 0 aromatic heterocycles. The van der Waals surface area contributed by atoms with E-state index in [0.717, 1.165) is 0 Å². The highest BCUT2D eigenvalue weighted by Crippen LogP contribution is 2.23. The molecule has 1 unspecified atom stereocenters. The lowest BCUT2D eigenvalue weighted by atomic mass is 9.92. The monoisotopic (exact) mass is 278 g/mol. The second-order valence-corrected chi connectivity index (χ2v) is 6.43. The highest BCUT2D eigenvalue weighted by molar-refractivity contribution is 5.31. The van der Waals surface area contributed by atoms with Gasteiger partial charge in [-0.2, -0.15) is 0 Å². The summed E-state index contributed by atoms with van der Waals surface area (Å²) in [6.45, 7) is 9.39. The number of unbranched alkanes of at least 4 members (excludes halogenated alkanes) is 8. The summed E-state index contributed by atoms with van der Waals surface area (Å²) in [5, 5.41) is 0. The van der Waals surface area contributed by atoms with Crippen LogP contribution in [0.2, 0.25) is 0 Å². The fourth-order valence-electron chi connectivity index (χ4n) is 2.98. The zero-order chi connectivity index (χ0) is 14.6. The Labute approximate surface area is 127 Å². The summed E-state index contributed by atoms with van der Waals surface area (Å²) in [5.41, 5.74) is 1.47. The molecule has 1 radical (unpaired) electrons. The molecule has 1 rings (SSSR count). The van der Waals surface area contributed by atoms with Crippen molar-refractivity contribution in [3.8, 4) is 0 Å². The molecule has 1 aliphatic rings. The van der Waals surface area contributed by atoms with Gasteiger partial charge in [0.1, 0.15) is 0 Å². The van der Waals surface area contributed by atoms with E-state index in [-0.39, 0.29) is 0 Å². The Bertz CT molecular complexity index is 242. The lowest BCUT2D eigenvalue weighted by Gasteiger charge is -2.35. The van der Waals surface area contributed by atoms with Gasteiger partial charge in [-0.3, -0.25) is 4.90 Å². The summed E-state index contributed by atoms with van der Waals surface area (Å²) in [7, 11) is 0. The predicted octanol–water partition coefficient (Wildman–Crippen LogP) is 5.76. The number of hydrogen-bond acceptors (Lipinski definition) is 1. The zero-order valence-electron chi connectivity index (χ0n) is 14.2. The van der Waals surface area contributed by atoms with Gasteiger partial charge < -0.3 is 0 Å². The van der Waals surface area contributed by atoms with Gasteiger partial charge in [0.2, 0.25) is 0 Å². The van der Waals surface area contributed by atoms with Crippen LogP contribution in [0.15, 0.2) is 11.6 Å². The third-order valence-electron chi connectivity index (χ3n) is 4.39. The van der Waals surface area contributed by atoms with Gasteiger partial charge in [-0.25, -0.2) is 0 Å². The molecular formula is C19H36N. The van der Waals surface area contributed by atoms with E-state index in [1.807, 2.05) is 0 Å². The lowest BCUT2D eigenvalue weighted by molar-refractivity contribution is 0.229. The number of nitrogens with zero attached hydrogens (tertiary/aromatic N) is 1. The largest absolute Gasteiger partial charge is 0.296 e. The van der Waals surface area contributed by atoms with Crippen molar-refractivity contribution in [1.82, 2.24) is 4.90 Å². The maximum atomic E-state index is 2.70. The van der Waals surface area contributed by atoms with Crippen molar-refractivity contribution >= 4 is 0 Å². The molecule has 0 aliphatic heterocycles. The summed E-state index contributed by atoms with van der Waals surface area (Å²) in [6.07, 6.45) is 18.8. The molecule has 0 saturated carbocycles. The molecule has 0 aromatic carbocycles. The lowest BCUT2D eigenvalue weighted by Crippen LogP contribution is -2.40. The van der Waals surface area contributed by atoms with Crippen LogP contribution in [0, 0.1) is 6.42 Å². The zero-order valence-corrected chi connectivity index (χ0v) is 14.2. The first kappa shape index (κ1) is 17.8. The van der Waals surface area contributed by atoms with Crippen molar-refractivity contribution in [2.24, 2.45) is 0 Å². The average Bonchev–Trinajstić information content (AvgIpc) is 2.41. The van der Waals surface area contributed by atoms with Gasteiger partial charge in [-0.05, 0) is 32.9 Å². The summed E-state index contributed by atoms with van der Waals surface area (Å²) >= 11 is 0. The van der Waals surface area contributed by atoms with E-state index in [2.05, 4.69) is 38.2 Å². The fraction of sp³-hybridized carbons (Fsp3) is 0.842. The van der Waals surface area contributed by atoms with Crippen molar-refractivity contribution in [3.63, 3.8) is 0 Å². The van der Waals surface area contributed by atoms with E-state index in [4.69, 9.17) is 0 Å². The minimum absolute atomic E-state index is 0.646. The topological polar surface area (TPSA) is 3.24 Å². The minimum atomic E-state index is 0.646. The van der Waals surface area contributed by atoms with E-state index in [1.165, 1.54) is 82.9 Å². The van der Waals surface area contributed by atoms with Crippen LogP contribution in [0.5, 0.6) is 0 Å². The average molecular weight is 279 g/mol. The van der Waals surface area contributed by atoms with E-state index < -0.39 is 0 Å². The van der Waals surface area contributed by atoms with Crippen molar-refractivity contribution in [2.45, 2.75) is 91.0 Å². The third-order valence-corrected chi connectivity index (χ3v) is 4.39. The van der Waals surface area contributed by atoms with Crippen LogP contribution in [0.3, 0.4) is 0 Å². The summed E-state index contributed by atoms with van der Waals surface area (Å²) in [4.78, 5) is 2.70. The molecule has 0 N–H and O–H groups in total. The molecule has 0 bridgehead atoms. The minimum Gasteiger partial charge on any atom is -0.296 e.